The van der Waals surface area contributed by atoms with Gasteiger partial charge in [0.25, 0.3) is 11.6 Å². The number of rotatable bonds is 6. The fourth-order valence-electron chi connectivity index (χ4n) is 3.11. The normalized spacial score (nSPS) is 14.9. The van der Waals surface area contributed by atoms with Crippen LogP contribution in [0.25, 0.3) is 0 Å². The van der Waals surface area contributed by atoms with Gasteiger partial charge < -0.3 is 19.4 Å². The van der Waals surface area contributed by atoms with E-state index >= 15 is 0 Å². The number of nitrogens with zero attached hydrogens (tertiary/aromatic N) is 2. The molecular formula is C18H19N3O6. The summed E-state index contributed by atoms with van der Waals surface area (Å²) in [7, 11) is 1.52. The van der Waals surface area contributed by atoms with Gasteiger partial charge in [0.2, 0.25) is 5.91 Å². The van der Waals surface area contributed by atoms with Gasteiger partial charge in [0, 0.05) is 19.7 Å². The average Bonchev–Trinajstić information content (AvgIpc) is 3.21. The highest BCUT2D eigenvalue weighted by molar-refractivity contribution is 6.10. The van der Waals surface area contributed by atoms with Crippen molar-refractivity contribution in [3.63, 3.8) is 0 Å². The first-order valence-corrected chi connectivity index (χ1v) is 8.24. The average molecular weight is 373 g/mol. The Labute approximate surface area is 155 Å². The number of fused-ring (bicyclic) bond motifs is 1. The summed E-state index contributed by atoms with van der Waals surface area (Å²) in [6.07, 6.45) is 2.58. The molecule has 3 rings (SSSR count). The molecule has 0 unspecified atom stereocenters. The quantitative estimate of drug-likeness (QED) is 0.615. The Balaban J connectivity index is 2.07. The van der Waals surface area contributed by atoms with E-state index < -0.39 is 16.2 Å². The lowest BCUT2D eigenvalue weighted by Gasteiger charge is -2.19. The number of amides is 2. The maximum absolute atomic E-state index is 12.8. The van der Waals surface area contributed by atoms with E-state index in [1.807, 2.05) is 0 Å². The first kappa shape index (κ1) is 18.6. The van der Waals surface area contributed by atoms with Crippen LogP contribution >= 0.6 is 0 Å². The number of hydrogen-bond donors (Lipinski definition) is 1. The van der Waals surface area contributed by atoms with Crippen molar-refractivity contribution < 1.29 is 23.7 Å². The van der Waals surface area contributed by atoms with Gasteiger partial charge in [-0.1, -0.05) is 0 Å². The standard InChI is InChI=1S/C18H19N3O6/c1-18(2)12-8-13(19-16(22)11-4-6-27-10-11)15(21(24)25)9-14(12)20(17(18)23)5-7-26-3/h4,6,8-10H,5,7H2,1-3H3,(H,19,22). The first-order chi connectivity index (χ1) is 12.8. The third-order valence-electron chi connectivity index (χ3n) is 4.61. The predicted molar refractivity (Wildman–Crippen MR) is 97.0 cm³/mol. The maximum atomic E-state index is 12.8. The van der Waals surface area contributed by atoms with E-state index in [2.05, 4.69) is 5.32 Å². The molecule has 0 spiro atoms. The summed E-state index contributed by atoms with van der Waals surface area (Å²) in [6, 6.07) is 4.27. The summed E-state index contributed by atoms with van der Waals surface area (Å²) in [5.41, 5.74) is 0.152. The van der Waals surface area contributed by atoms with Crippen molar-refractivity contribution in [2.24, 2.45) is 0 Å². The zero-order valence-corrected chi connectivity index (χ0v) is 15.1. The lowest BCUT2D eigenvalue weighted by molar-refractivity contribution is -0.383. The lowest BCUT2D eigenvalue weighted by Crippen LogP contribution is -2.37. The highest BCUT2D eigenvalue weighted by atomic mass is 16.6. The molecule has 142 valence electrons. The molecular weight excluding hydrogens is 354 g/mol. The molecule has 0 saturated carbocycles. The van der Waals surface area contributed by atoms with E-state index in [0.717, 1.165) is 0 Å². The van der Waals surface area contributed by atoms with Crippen LogP contribution in [0.4, 0.5) is 17.1 Å². The van der Waals surface area contributed by atoms with E-state index in [1.165, 1.54) is 42.7 Å². The van der Waals surface area contributed by atoms with Gasteiger partial charge >= 0.3 is 0 Å². The molecule has 1 aromatic carbocycles. The number of nitro benzene ring substituents is 1. The monoisotopic (exact) mass is 373 g/mol. The fraction of sp³-hybridized carbons (Fsp3) is 0.333. The Morgan fingerprint density at radius 3 is 2.74 bits per heavy atom. The minimum Gasteiger partial charge on any atom is -0.472 e. The fourth-order valence-corrected chi connectivity index (χ4v) is 3.11. The van der Waals surface area contributed by atoms with Gasteiger partial charge in [-0.15, -0.1) is 0 Å². The van der Waals surface area contributed by atoms with E-state index in [1.54, 1.807) is 13.8 Å². The Morgan fingerprint density at radius 1 is 1.41 bits per heavy atom. The minimum atomic E-state index is -0.882. The van der Waals surface area contributed by atoms with Crippen molar-refractivity contribution >= 4 is 28.9 Å². The minimum absolute atomic E-state index is 0.0272. The highest BCUT2D eigenvalue weighted by Gasteiger charge is 2.45. The highest BCUT2D eigenvalue weighted by Crippen LogP contribution is 2.45. The second kappa shape index (κ2) is 6.84. The van der Waals surface area contributed by atoms with Gasteiger partial charge in [-0.05, 0) is 31.5 Å². The van der Waals surface area contributed by atoms with Crippen molar-refractivity contribution in [3.05, 3.63) is 52.0 Å². The number of nitro groups is 1. The van der Waals surface area contributed by atoms with Gasteiger partial charge in [0.1, 0.15) is 12.0 Å². The molecule has 1 aromatic heterocycles. The van der Waals surface area contributed by atoms with E-state index in [0.29, 0.717) is 17.9 Å². The van der Waals surface area contributed by atoms with Gasteiger partial charge in [0.05, 0.1) is 34.5 Å². The number of methoxy groups -OCH3 is 1. The SMILES string of the molecule is COCCN1C(=O)C(C)(C)c2cc(NC(=O)c3ccoc3)c([N+](=O)[O-])cc21. The lowest BCUT2D eigenvalue weighted by atomic mass is 9.85. The summed E-state index contributed by atoms with van der Waals surface area (Å²) in [6.45, 7) is 4.07. The van der Waals surface area contributed by atoms with Crippen molar-refractivity contribution in [2.75, 3.05) is 30.5 Å². The molecule has 0 fully saturated rings. The smallest absolute Gasteiger partial charge is 0.294 e. The van der Waals surface area contributed by atoms with Crippen LogP contribution in [0.1, 0.15) is 29.8 Å². The number of carbonyl (C=O) groups excluding carboxylic acids is 2. The van der Waals surface area contributed by atoms with Gasteiger partial charge in [-0.3, -0.25) is 19.7 Å². The number of furan rings is 1. The van der Waals surface area contributed by atoms with Crippen molar-refractivity contribution in [1.29, 1.82) is 0 Å². The Morgan fingerprint density at radius 2 is 2.15 bits per heavy atom. The number of nitrogens with one attached hydrogen (secondary N) is 1. The third kappa shape index (κ3) is 3.17. The first-order valence-electron chi connectivity index (χ1n) is 8.24. The summed E-state index contributed by atoms with van der Waals surface area (Å²) < 4.78 is 9.90. The van der Waals surface area contributed by atoms with Gasteiger partial charge in [-0.25, -0.2) is 0 Å². The number of anilines is 2. The molecule has 1 aliphatic heterocycles. The second-order valence-electron chi connectivity index (χ2n) is 6.68. The molecule has 2 amide bonds. The molecule has 0 saturated heterocycles. The van der Waals surface area contributed by atoms with E-state index in [9.17, 15) is 19.7 Å². The molecule has 9 nitrogen and oxygen atoms in total. The molecule has 1 N–H and O–H groups in total. The summed E-state index contributed by atoms with van der Waals surface area (Å²) in [4.78, 5) is 37.5. The second-order valence-corrected chi connectivity index (χ2v) is 6.68. The van der Waals surface area contributed by atoms with Crippen LogP contribution in [0.5, 0.6) is 0 Å². The Kier molecular flexibility index (Phi) is 4.71. The molecule has 27 heavy (non-hydrogen) atoms. The largest absolute Gasteiger partial charge is 0.472 e. The Bertz CT molecular complexity index is 904. The number of ether oxygens (including phenoxy) is 1. The maximum Gasteiger partial charge on any atom is 0.294 e. The zero-order valence-electron chi connectivity index (χ0n) is 15.1. The van der Waals surface area contributed by atoms with E-state index in [-0.39, 0.29) is 29.4 Å². The molecule has 0 radical (unpaired) electrons. The molecule has 9 heteroatoms. The Hall–Kier alpha value is -3.20. The summed E-state index contributed by atoms with van der Waals surface area (Å²) in [5, 5.41) is 14.1. The molecule has 0 bridgehead atoms. The van der Waals surface area contributed by atoms with Crippen LogP contribution in [-0.4, -0.2) is 37.0 Å². The topological polar surface area (TPSA) is 115 Å². The summed E-state index contributed by atoms with van der Waals surface area (Å²) in [5.74, 6) is -0.715. The predicted octanol–water partition coefficient (Wildman–Crippen LogP) is 2.71. The van der Waals surface area contributed by atoms with Crippen molar-refractivity contribution in [2.45, 2.75) is 19.3 Å². The number of hydrogen-bond acceptors (Lipinski definition) is 6. The third-order valence-corrected chi connectivity index (χ3v) is 4.61. The van der Waals surface area contributed by atoms with Crippen LogP contribution in [0.15, 0.2) is 35.1 Å². The van der Waals surface area contributed by atoms with Gasteiger partial charge in [-0.2, -0.15) is 0 Å². The van der Waals surface area contributed by atoms with Crippen LogP contribution in [-0.2, 0) is 14.9 Å². The molecule has 2 aromatic rings. The number of carbonyl (C=O) groups is 2. The molecule has 2 heterocycles. The van der Waals surface area contributed by atoms with Crippen molar-refractivity contribution in [1.82, 2.24) is 0 Å². The molecule has 0 atom stereocenters. The van der Waals surface area contributed by atoms with Gasteiger partial charge in [0.15, 0.2) is 0 Å². The van der Waals surface area contributed by atoms with Crippen LogP contribution < -0.4 is 10.2 Å². The molecule has 1 aliphatic rings. The van der Waals surface area contributed by atoms with Crippen LogP contribution in [0.2, 0.25) is 0 Å². The van der Waals surface area contributed by atoms with E-state index in [4.69, 9.17) is 9.15 Å². The summed E-state index contributed by atoms with van der Waals surface area (Å²) >= 11 is 0. The van der Waals surface area contributed by atoms with Crippen LogP contribution in [0.3, 0.4) is 0 Å². The van der Waals surface area contributed by atoms with Crippen molar-refractivity contribution in [3.8, 4) is 0 Å². The van der Waals surface area contributed by atoms with Crippen LogP contribution in [0, 0.1) is 10.1 Å². The number of benzene rings is 1. The molecule has 0 aliphatic carbocycles. The zero-order chi connectivity index (χ0) is 19.8.